The van der Waals surface area contributed by atoms with Gasteiger partial charge < -0.3 is 5.32 Å². The number of rotatable bonds is 4. The molecule has 0 radical (unpaired) electrons. The van der Waals surface area contributed by atoms with Gasteiger partial charge in [-0.25, -0.2) is 9.37 Å². The highest BCUT2D eigenvalue weighted by atomic mass is 35.5. The molecule has 1 unspecified atom stereocenters. The summed E-state index contributed by atoms with van der Waals surface area (Å²) in [4.78, 5) is 31.9. The molecular formula is C22H17ClFN3O2S. The third-order valence-electron chi connectivity index (χ3n) is 4.87. The molecule has 0 aliphatic rings. The Morgan fingerprint density at radius 3 is 2.60 bits per heavy atom. The van der Waals surface area contributed by atoms with Gasteiger partial charge in [-0.1, -0.05) is 35.9 Å². The molecule has 1 atom stereocenters. The van der Waals surface area contributed by atoms with E-state index in [-0.39, 0.29) is 17.3 Å². The number of para-hydroxylation sites is 1. The number of amides is 1. The average molecular weight is 442 g/mol. The second kappa shape index (κ2) is 8.01. The minimum atomic E-state index is -0.813. The van der Waals surface area contributed by atoms with E-state index in [1.807, 2.05) is 6.92 Å². The first kappa shape index (κ1) is 20.3. The fourth-order valence-corrected chi connectivity index (χ4v) is 4.47. The third kappa shape index (κ3) is 3.62. The predicted octanol–water partition coefficient (Wildman–Crippen LogP) is 5.43. The fourth-order valence-electron chi connectivity index (χ4n) is 3.28. The molecule has 0 fully saturated rings. The van der Waals surface area contributed by atoms with Crippen LogP contribution in [-0.2, 0) is 4.79 Å². The maximum absolute atomic E-state index is 13.4. The average Bonchev–Trinajstić information content (AvgIpc) is 3.07. The van der Waals surface area contributed by atoms with Crippen LogP contribution < -0.4 is 10.9 Å². The number of carbonyl (C=O) groups excluding carboxylic acids is 1. The molecule has 1 amide bonds. The number of anilines is 1. The number of nitrogens with zero attached hydrogens (tertiary/aromatic N) is 2. The number of aromatic nitrogens is 2. The van der Waals surface area contributed by atoms with Crippen LogP contribution in [0.4, 0.5) is 10.1 Å². The fraction of sp³-hybridized carbons (Fsp3) is 0.136. The Labute approximate surface area is 180 Å². The Kier molecular flexibility index (Phi) is 5.40. The first-order valence-electron chi connectivity index (χ1n) is 9.18. The van der Waals surface area contributed by atoms with Gasteiger partial charge in [0.05, 0.1) is 22.4 Å². The van der Waals surface area contributed by atoms with Crippen molar-refractivity contribution < 1.29 is 9.18 Å². The normalized spacial score (nSPS) is 12.1. The molecule has 0 aliphatic heterocycles. The van der Waals surface area contributed by atoms with E-state index in [1.165, 1.54) is 34.4 Å². The zero-order valence-corrected chi connectivity index (χ0v) is 17.7. The standard InChI is InChI=1S/C22H17ClFN3O2S/c1-12(20(28)26-17-6-4-3-5-16(17)23)27-11-25-21-19(22(27)29)18(13(2)30-21)14-7-9-15(24)10-8-14/h3-12H,1-2H3,(H,26,28). The van der Waals surface area contributed by atoms with Crippen LogP contribution >= 0.6 is 22.9 Å². The van der Waals surface area contributed by atoms with Crippen molar-refractivity contribution in [3.8, 4) is 11.1 Å². The quantitative estimate of drug-likeness (QED) is 0.459. The highest BCUT2D eigenvalue weighted by Gasteiger charge is 2.22. The second-order valence-electron chi connectivity index (χ2n) is 6.82. The molecule has 152 valence electrons. The summed E-state index contributed by atoms with van der Waals surface area (Å²) in [6.07, 6.45) is 1.38. The second-order valence-corrected chi connectivity index (χ2v) is 8.43. The highest BCUT2D eigenvalue weighted by Crippen LogP contribution is 2.35. The largest absolute Gasteiger partial charge is 0.323 e. The third-order valence-corrected chi connectivity index (χ3v) is 6.22. The van der Waals surface area contributed by atoms with Crippen LogP contribution in [0.25, 0.3) is 21.3 Å². The number of hydrogen-bond donors (Lipinski definition) is 1. The molecule has 0 spiro atoms. The van der Waals surface area contributed by atoms with E-state index in [0.717, 1.165) is 10.4 Å². The molecule has 4 rings (SSSR count). The summed E-state index contributed by atoms with van der Waals surface area (Å²) in [6.45, 7) is 3.51. The summed E-state index contributed by atoms with van der Waals surface area (Å²) in [7, 11) is 0. The first-order valence-corrected chi connectivity index (χ1v) is 10.4. The van der Waals surface area contributed by atoms with Gasteiger partial charge in [-0.05, 0) is 43.7 Å². The molecule has 2 aromatic heterocycles. The number of hydrogen-bond acceptors (Lipinski definition) is 4. The smallest absolute Gasteiger partial charge is 0.263 e. The molecule has 5 nitrogen and oxygen atoms in total. The Morgan fingerprint density at radius 2 is 1.90 bits per heavy atom. The molecular weight excluding hydrogens is 425 g/mol. The summed E-state index contributed by atoms with van der Waals surface area (Å²) < 4.78 is 14.7. The van der Waals surface area contributed by atoms with Crippen LogP contribution in [-0.4, -0.2) is 15.5 Å². The monoisotopic (exact) mass is 441 g/mol. The van der Waals surface area contributed by atoms with E-state index >= 15 is 0 Å². The number of fused-ring (bicyclic) bond motifs is 1. The molecule has 8 heteroatoms. The zero-order valence-electron chi connectivity index (χ0n) is 16.1. The van der Waals surface area contributed by atoms with Crippen molar-refractivity contribution in [1.82, 2.24) is 9.55 Å². The van der Waals surface area contributed by atoms with E-state index in [2.05, 4.69) is 10.3 Å². The molecule has 2 aromatic carbocycles. The lowest BCUT2D eigenvalue weighted by Crippen LogP contribution is -2.31. The number of nitrogens with one attached hydrogen (secondary N) is 1. The van der Waals surface area contributed by atoms with Gasteiger partial charge in [-0.15, -0.1) is 11.3 Å². The van der Waals surface area contributed by atoms with E-state index < -0.39 is 6.04 Å². The Balaban J connectivity index is 1.77. The van der Waals surface area contributed by atoms with Crippen molar-refractivity contribution in [2.24, 2.45) is 0 Å². The molecule has 1 N–H and O–H groups in total. The van der Waals surface area contributed by atoms with Crippen LogP contribution in [0.3, 0.4) is 0 Å². The van der Waals surface area contributed by atoms with E-state index in [1.54, 1.807) is 43.3 Å². The van der Waals surface area contributed by atoms with E-state index in [4.69, 9.17) is 11.6 Å². The maximum atomic E-state index is 13.4. The lowest BCUT2D eigenvalue weighted by Gasteiger charge is -2.15. The van der Waals surface area contributed by atoms with Crippen molar-refractivity contribution >= 4 is 44.7 Å². The van der Waals surface area contributed by atoms with Gasteiger partial charge in [0, 0.05) is 10.4 Å². The Morgan fingerprint density at radius 1 is 1.20 bits per heavy atom. The maximum Gasteiger partial charge on any atom is 0.263 e. The van der Waals surface area contributed by atoms with Crippen LogP contribution in [0.1, 0.15) is 17.8 Å². The van der Waals surface area contributed by atoms with Gasteiger partial charge >= 0.3 is 0 Å². The summed E-state index contributed by atoms with van der Waals surface area (Å²) in [5.74, 6) is -0.738. The lowest BCUT2D eigenvalue weighted by molar-refractivity contribution is -0.118. The predicted molar refractivity (Wildman–Crippen MR) is 119 cm³/mol. The number of benzene rings is 2. The summed E-state index contributed by atoms with van der Waals surface area (Å²) in [5.41, 5.74) is 1.58. The summed E-state index contributed by atoms with van der Waals surface area (Å²) in [5, 5.41) is 3.57. The molecule has 0 saturated heterocycles. The van der Waals surface area contributed by atoms with Gasteiger partial charge in [0.25, 0.3) is 5.56 Å². The molecule has 2 heterocycles. The SMILES string of the molecule is Cc1sc2ncn(C(C)C(=O)Nc3ccccc3Cl)c(=O)c2c1-c1ccc(F)cc1. The highest BCUT2D eigenvalue weighted by molar-refractivity contribution is 7.19. The Hall–Kier alpha value is -3.03. The molecule has 0 aliphatic carbocycles. The van der Waals surface area contributed by atoms with E-state index in [0.29, 0.717) is 26.5 Å². The number of carbonyl (C=O) groups is 1. The zero-order chi connectivity index (χ0) is 21.4. The van der Waals surface area contributed by atoms with Crippen molar-refractivity contribution in [3.05, 3.63) is 80.9 Å². The van der Waals surface area contributed by atoms with Gasteiger partial charge in [-0.2, -0.15) is 0 Å². The van der Waals surface area contributed by atoms with Gasteiger partial charge in [0.15, 0.2) is 0 Å². The van der Waals surface area contributed by atoms with Gasteiger partial charge in [-0.3, -0.25) is 14.2 Å². The van der Waals surface area contributed by atoms with Crippen molar-refractivity contribution in [1.29, 1.82) is 0 Å². The lowest BCUT2D eigenvalue weighted by atomic mass is 10.0. The summed E-state index contributed by atoms with van der Waals surface area (Å²) >= 11 is 7.50. The minimum Gasteiger partial charge on any atom is -0.323 e. The number of halogens is 2. The number of thiophene rings is 1. The first-order chi connectivity index (χ1) is 14.4. The van der Waals surface area contributed by atoms with Crippen LogP contribution in [0.5, 0.6) is 0 Å². The van der Waals surface area contributed by atoms with Crippen LogP contribution in [0.15, 0.2) is 59.7 Å². The molecule has 4 aromatic rings. The molecule has 0 bridgehead atoms. The topological polar surface area (TPSA) is 64.0 Å². The van der Waals surface area contributed by atoms with Crippen LogP contribution in [0.2, 0.25) is 5.02 Å². The number of aryl methyl sites for hydroxylation is 1. The van der Waals surface area contributed by atoms with Crippen molar-refractivity contribution in [2.45, 2.75) is 19.9 Å². The van der Waals surface area contributed by atoms with E-state index in [9.17, 15) is 14.0 Å². The van der Waals surface area contributed by atoms with Gasteiger partial charge in [0.1, 0.15) is 16.7 Å². The molecule has 30 heavy (non-hydrogen) atoms. The van der Waals surface area contributed by atoms with Gasteiger partial charge in [0.2, 0.25) is 5.91 Å². The van der Waals surface area contributed by atoms with Crippen molar-refractivity contribution in [3.63, 3.8) is 0 Å². The van der Waals surface area contributed by atoms with Crippen molar-refractivity contribution in [2.75, 3.05) is 5.32 Å². The molecule has 0 saturated carbocycles. The summed E-state index contributed by atoms with van der Waals surface area (Å²) in [6, 6.07) is 12.0. The van der Waals surface area contributed by atoms with Crippen LogP contribution in [0, 0.1) is 12.7 Å². The minimum absolute atomic E-state index is 0.328. The Bertz CT molecular complexity index is 1310.